The Hall–Kier alpha value is -1.92. The van der Waals surface area contributed by atoms with E-state index >= 15 is 0 Å². The van der Waals surface area contributed by atoms with Gasteiger partial charge in [0, 0.05) is 24.7 Å². The van der Waals surface area contributed by atoms with Gasteiger partial charge in [-0.25, -0.2) is 9.67 Å². The number of aromatic nitrogens is 3. The lowest BCUT2D eigenvalue weighted by atomic mass is 10.0. The zero-order valence-electron chi connectivity index (χ0n) is 12.3. The Morgan fingerprint density at radius 1 is 1.36 bits per heavy atom. The van der Waals surface area contributed by atoms with Gasteiger partial charge < -0.3 is 10.6 Å². The molecule has 0 bridgehead atoms. The maximum absolute atomic E-state index is 12.7. The minimum atomic E-state index is 0. The van der Waals surface area contributed by atoms with Crippen LogP contribution >= 0.6 is 12.4 Å². The van der Waals surface area contributed by atoms with Crippen LogP contribution in [0.5, 0.6) is 0 Å². The second-order valence-corrected chi connectivity index (χ2v) is 5.40. The Morgan fingerprint density at radius 3 is 2.91 bits per heavy atom. The predicted octanol–water partition coefficient (Wildman–Crippen LogP) is 1.31. The van der Waals surface area contributed by atoms with Gasteiger partial charge >= 0.3 is 0 Å². The van der Waals surface area contributed by atoms with Gasteiger partial charge in [-0.2, -0.15) is 5.10 Å². The Labute approximate surface area is 135 Å². The van der Waals surface area contributed by atoms with Crippen molar-refractivity contribution in [3.8, 4) is 0 Å². The van der Waals surface area contributed by atoms with Crippen molar-refractivity contribution in [2.24, 2.45) is 5.73 Å². The summed E-state index contributed by atoms with van der Waals surface area (Å²) in [4.78, 5) is 18.5. The molecule has 2 N–H and O–H groups in total. The molecule has 2 aromatic rings. The third kappa shape index (κ3) is 3.64. The minimum absolute atomic E-state index is 0. The number of nitrogens with zero attached hydrogens (tertiary/aromatic N) is 4. The van der Waals surface area contributed by atoms with Crippen LogP contribution in [0.15, 0.2) is 36.9 Å². The van der Waals surface area contributed by atoms with E-state index in [1.54, 1.807) is 11.0 Å². The molecule has 1 aromatic heterocycles. The summed E-state index contributed by atoms with van der Waals surface area (Å²) < 4.78 is 1.72. The van der Waals surface area contributed by atoms with Crippen LogP contribution in [-0.2, 0) is 6.54 Å². The summed E-state index contributed by atoms with van der Waals surface area (Å²) in [5, 5.41) is 4.10. The van der Waals surface area contributed by atoms with Crippen LogP contribution in [0.25, 0.3) is 0 Å². The summed E-state index contributed by atoms with van der Waals surface area (Å²) in [6.45, 7) is 1.96. The first kappa shape index (κ1) is 16.5. The highest BCUT2D eigenvalue weighted by atomic mass is 35.5. The van der Waals surface area contributed by atoms with Crippen molar-refractivity contribution in [2.45, 2.75) is 25.4 Å². The average molecular weight is 322 g/mol. The Bertz CT molecular complexity index is 616. The van der Waals surface area contributed by atoms with E-state index < -0.39 is 0 Å². The van der Waals surface area contributed by atoms with Gasteiger partial charge in [-0.1, -0.05) is 18.2 Å². The van der Waals surface area contributed by atoms with Crippen molar-refractivity contribution in [3.05, 3.63) is 48.0 Å². The zero-order chi connectivity index (χ0) is 14.7. The third-order valence-corrected chi connectivity index (χ3v) is 3.79. The van der Waals surface area contributed by atoms with Crippen molar-refractivity contribution in [1.29, 1.82) is 0 Å². The van der Waals surface area contributed by atoms with Crippen LogP contribution < -0.4 is 5.73 Å². The number of hydrogen-bond donors (Lipinski definition) is 1. The molecule has 1 atom stereocenters. The molecule has 118 valence electrons. The SMILES string of the molecule is Cl.NC1CCCN(C(=O)c2ccccc2Cn2cncn2)C1. The van der Waals surface area contributed by atoms with E-state index in [-0.39, 0.29) is 24.4 Å². The normalized spacial score (nSPS) is 17.9. The topological polar surface area (TPSA) is 77.0 Å². The number of amides is 1. The van der Waals surface area contributed by atoms with Crippen LogP contribution in [0, 0.1) is 0 Å². The van der Waals surface area contributed by atoms with Crippen molar-refractivity contribution in [3.63, 3.8) is 0 Å². The average Bonchev–Trinajstić information content (AvgIpc) is 3.00. The first-order valence-corrected chi connectivity index (χ1v) is 7.19. The fourth-order valence-corrected chi connectivity index (χ4v) is 2.72. The summed E-state index contributed by atoms with van der Waals surface area (Å²) in [6.07, 6.45) is 5.11. The minimum Gasteiger partial charge on any atom is -0.337 e. The molecule has 0 spiro atoms. The van der Waals surface area contributed by atoms with Gasteiger partial charge in [-0.3, -0.25) is 4.79 Å². The molecule has 1 amide bonds. The molecular formula is C15H20ClN5O. The highest BCUT2D eigenvalue weighted by Gasteiger charge is 2.23. The van der Waals surface area contributed by atoms with Gasteiger partial charge in [0.05, 0.1) is 6.54 Å². The number of rotatable bonds is 3. The number of piperidine rings is 1. The number of benzene rings is 1. The molecule has 0 aliphatic carbocycles. The van der Waals surface area contributed by atoms with Gasteiger partial charge in [0.1, 0.15) is 12.7 Å². The van der Waals surface area contributed by atoms with Crippen molar-refractivity contribution in [1.82, 2.24) is 19.7 Å². The van der Waals surface area contributed by atoms with Gasteiger partial charge in [-0.05, 0) is 24.5 Å². The van der Waals surface area contributed by atoms with E-state index in [9.17, 15) is 4.79 Å². The van der Waals surface area contributed by atoms with E-state index in [1.165, 1.54) is 6.33 Å². The lowest BCUT2D eigenvalue weighted by molar-refractivity contribution is 0.0707. The van der Waals surface area contributed by atoms with E-state index in [2.05, 4.69) is 10.1 Å². The first-order valence-electron chi connectivity index (χ1n) is 7.19. The second kappa shape index (κ2) is 7.38. The number of carbonyl (C=O) groups excluding carboxylic acids is 1. The number of carbonyl (C=O) groups is 1. The van der Waals surface area contributed by atoms with Crippen molar-refractivity contribution >= 4 is 18.3 Å². The van der Waals surface area contributed by atoms with Crippen LogP contribution in [0.4, 0.5) is 0 Å². The van der Waals surface area contributed by atoms with Crippen LogP contribution in [0.2, 0.25) is 0 Å². The molecule has 1 aliphatic heterocycles. The van der Waals surface area contributed by atoms with E-state index in [0.29, 0.717) is 13.1 Å². The Morgan fingerprint density at radius 2 is 2.18 bits per heavy atom. The molecule has 1 unspecified atom stereocenters. The molecule has 2 heterocycles. The number of halogens is 1. The molecule has 1 aliphatic rings. The third-order valence-electron chi connectivity index (χ3n) is 3.79. The molecule has 22 heavy (non-hydrogen) atoms. The van der Waals surface area contributed by atoms with E-state index in [0.717, 1.165) is 30.5 Å². The standard InChI is InChI=1S/C15H19N5O.ClH/c16-13-5-3-7-19(9-13)15(21)14-6-2-1-4-12(14)8-20-11-17-10-18-20;/h1-2,4,6,10-11,13H,3,5,7-9,16H2;1H. The van der Waals surface area contributed by atoms with Crippen molar-refractivity contribution in [2.75, 3.05) is 13.1 Å². The highest BCUT2D eigenvalue weighted by molar-refractivity contribution is 5.95. The fraction of sp³-hybridized carbons (Fsp3) is 0.400. The molecular weight excluding hydrogens is 302 g/mol. The fourth-order valence-electron chi connectivity index (χ4n) is 2.72. The molecule has 0 saturated carbocycles. The molecule has 1 fully saturated rings. The smallest absolute Gasteiger partial charge is 0.254 e. The maximum Gasteiger partial charge on any atom is 0.254 e. The summed E-state index contributed by atoms with van der Waals surface area (Å²) in [6, 6.07) is 7.74. The van der Waals surface area contributed by atoms with Gasteiger partial charge in [-0.15, -0.1) is 12.4 Å². The van der Waals surface area contributed by atoms with Gasteiger partial charge in [0.2, 0.25) is 0 Å². The van der Waals surface area contributed by atoms with Gasteiger partial charge in [0.25, 0.3) is 5.91 Å². The summed E-state index contributed by atoms with van der Waals surface area (Å²) in [5.41, 5.74) is 7.65. The van der Waals surface area contributed by atoms with Crippen LogP contribution in [0.3, 0.4) is 0 Å². The van der Waals surface area contributed by atoms with E-state index in [1.807, 2.05) is 29.2 Å². The zero-order valence-corrected chi connectivity index (χ0v) is 13.1. The predicted molar refractivity (Wildman–Crippen MR) is 85.9 cm³/mol. The molecule has 6 nitrogen and oxygen atoms in total. The van der Waals surface area contributed by atoms with Crippen LogP contribution in [0.1, 0.15) is 28.8 Å². The Balaban J connectivity index is 0.00000176. The lowest BCUT2D eigenvalue weighted by Gasteiger charge is -2.31. The quantitative estimate of drug-likeness (QED) is 0.924. The molecule has 0 radical (unpaired) electrons. The maximum atomic E-state index is 12.7. The molecule has 3 rings (SSSR count). The highest BCUT2D eigenvalue weighted by Crippen LogP contribution is 2.16. The monoisotopic (exact) mass is 321 g/mol. The van der Waals surface area contributed by atoms with Gasteiger partial charge in [0.15, 0.2) is 0 Å². The summed E-state index contributed by atoms with van der Waals surface area (Å²) in [5.74, 6) is 0.0564. The first-order chi connectivity index (χ1) is 10.2. The molecule has 7 heteroatoms. The summed E-state index contributed by atoms with van der Waals surface area (Å²) in [7, 11) is 0. The second-order valence-electron chi connectivity index (χ2n) is 5.40. The number of likely N-dealkylation sites (tertiary alicyclic amines) is 1. The number of hydrogen-bond acceptors (Lipinski definition) is 4. The molecule has 1 aromatic carbocycles. The van der Waals surface area contributed by atoms with Crippen LogP contribution in [-0.4, -0.2) is 44.7 Å². The van der Waals surface area contributed by atoms with Crippen molar-refractivity contribution < 1.29 is 4.79 Å². The Kier molecular flexibility index (Phi) is 5.51. The van der Waals surface area contributed by atoms with E-state index in [4.69, 9.17) is 5.73 Å². The largest absolute Gasteiger partial charge is 0.337 e. The lowest BCUT2D eigenvalue weighted by Crippen LogP contribution is -2.45. The summed E-state index contributed by atoms with van der Waals surface area (Å²) >= 11 is 0. The number of nitrogens with two attached hydrogens (primary N) is 1. The molecule has 1 saturated heterocycles.